The number of aromatic nitrogens is 8. The van der Waals surface area contributed by atoms with Crippen molar-refractivity contribution in [3.63, 3.8) is 0 Å². The first-order valence-corrected chi connectivity index (χ1v) is 40.0. The fourth-order valence-corrected chi connectivity index (χ4v) is 19.1. The van der Waals surface area contributed by atoms with Gasteiger partial charge in [-0.15, -0.1) is 0 Å². The minimum Gasteiger partial charge on any atom is -0.218 e. The Morgan fingerprint density at radius 2 is 0.523 bits per heavy atom. The molecule has 0 unspecified atom stereocenters. The summed E-state index contributed by atoms with van der Waals surface area (Å²) in [6.45, 7) is 17.7. The summed E-state index contributed by atoms with van der Waals surface area (Å²) in [6, 6.07) is 101. The number of benzene rings is 13. The average molecular weight is 1480 g/mol. The quantitative estimate of drug-likeness (QED) is 0.109. The summed E-state index contributed by atoms with van der Waals surface area (Å²) in [6.07, 6.45) is 0. The van der Waals surface area contributed by atoms with Gasteiger partial charge >= 0.3 is 0 Å². The molecule has 0 saturated carbocycles. The molecule has 0 bridgehead atoms. The number of hydrogen-bond acceptors (Lipinski definition) is 8. The molecule has 1 aliphatic heterocycles. The van der Waals surface area contributed by atoms with Gasteiger partial charge in [0.05, 0.1) is 44.8 Å². The summed E-state index contributed by atoms with van der Waals surface area (Å²) in [7, 11) is -1.77. The number of fused-ring (bicyclic) bond motifs is 7. The van der Waals surface area contributed by atoms with Gasteiger partial charge in [-0.05, 0) is 219 Å². The van der Waals surface area contributed by atoms with Crippen molar-refractivity contribution in [1.82, 2.24) is 39.9 Å². The minimum atomic E-state index is -1.77. The van der Waals surface area contributed by atoms with Crippen molar-refractivity contribution in [2.45, 2.75) is 54.6 Å². The fourth-order valence-electron chi connectivity index (χ4n) is 14.9. The van der Waals surface area contributed by atoms with Crippen LogP contribution in [0.3, 0.4) is 0 Å². The van der Waals surface area contributed by atoms with Gasteiger partial charge in [-0.3, -0.25) is 0 Å². The first-order valence-electron chi connectivity index (χ1n) is 35.5. The Labute approximate surface area is 644 Å². The maximum absolute atomic E-state index is 6.22. The van der Waals surface area contributed by atoms with Crippen molar-refractivity contribution in [3.05, 3.63) is 346 Å². The zero-order chi connectivity index (χ0) is 74.0. The standard InChI is InChI=1S/C28H21ClN2Si.C28H21ClN2.C22H17ClN2.C16H13ClN2/c1-32(2)25-13-6-4-8-21(25)22-11-7-10-20(27(22)32)18-14-16-19(17-15-18)26-23-9-3-5-12-24(23)30-28(29)31-26;1-18-17-25(19(2)16-24(18)20-8-4-3-5-9-20)21-12-14-22(15-13-21)27-23-10-6-7-11-26(23)30-28(29)31-27;1-14-13-19(15(2)12-18(14)16-8-4-3-5-9-16)21-17-10-6-7-11-20(17)24-22(23)25-21;1-10-7-11(2)9-12(8-10)15-13-5-3-4-6-14(13)18-16(17)19-15/h3-17H,1-2H3;3-17H,1-2H3;3-13H,1-2H3;3-9H,1-2H3. The molecule has 17 aromatic rings. The van der Waals surface area contributed by atoms with Crippen LogP contribution in [0.2, 0.25) is 34.2 Å². The molecule has 0 fully saturated rings. The number of rotatable bonds is 8. The van der Waals surface area contributed by atoms with Crippen LogP contribution < -0.4 is 10.4 Å². The van der Waals surface area contributed by atoms with Gasteiger partial charge in [-0.1, -0.05) is 273 Å². The number of para-hydroxylation sites is 4. The molecule has 8 nitrogen and oxygen atoms in total. The Bertz CT molecular complexity index is 6210. The van der Waals surface area contributed by atoms with Crippen LogP contribution in [0.4, 0.5) is 0 Å². The van der Waals surface area contributed by atoms with Crippen LogP contribution in [0.5, 0.6) is 0 Å². The third kappa shape index (κ3) is 14.9. The fraction of sp³-hybridized carbons (Fsp3) is 0.0851. The topological polar surface area (TPSA) is 103 Å². The molecule has 0 spiro atoms. The van der Waals surface area contributed by atoms with Gasteiger partial charge in [0.25, 0.3) is 0 Å². The molecule has 0 aliphatic carbocycles. The van der Waals surface area contributed by atoms with Gasteiger partial charge in [0.1, 0.15) is 8.07 Å². The van der Waals surface area contributed by atoms with E-state index in [1.807, 2.05) is 103 Å². The maximum atomic E-state index is 6.22. The molecule has 0 atom stereocenters. The maximum Gasteiger partial charge on any atom is 0.223 e. The zero-order valence-electron chi connectivity index (χ0n) is 60.3. The molecule has 1 aliphatic rings. The van der Waals surface area contributed by atoms with E-state index in [4.69, 9.17) is 46.4 Å². The molecule has 13 aromatic carbocycles. The van der Waals surface area contributed by atoms with Crippen LogP contribution >= 0.6 is 46.4 Å². The van der Waals surface area contributed by atoms with E-state index in [0.717, 1.165) is 88.6 Å². The van der Waals surface area contributed by atoms with Crippen molar-refractivity contribution >= 4 is 108 Å². The second kappa shape index (κ2) is 30.6. The summed E-state index contributed by atoms with van der Waals surface area (Å²) >= 11 is 24.6. The lowest BCUT2D eigenvalue weighted by Gasteiger charge is -2.22. The Balaban J connectivity index is 0.000000116. The van der Waals surface area contributed by atoms with Crippen LogP contribution in [-0.4, -0.2) is 47.9 Å². The van der Waals surface area contributed by atoms with Crippen molar-refractivity contribution in [3.8, 4) is 101 Å². The van der Waals surface area contributed by atoms with E-state index >= 15 is 0 Å². The molecule has 5 heterocycles. The van der Waals surface area contributed by atoms with Crippen molar-refractivity contribution in [2.75, 3.05) is 0 Å². The van der Waals surface area contributed by atoms with Crippen molar-refractivity contribution in [1.29, 1.82) is 0 Å². The van der Waals surface area contributed by atoms with Crippen LogP contribution in [0, 0.1) is 41.5 Å². The Kier molecular flexibility index (Phi) is 20.4. The van der Waals surface area contributed by atoms with E-state index in [-0.39, 0.29) is 21.1 Å². The zero-order valence-corrected chi connectivity index (χ0v) is 64.3. The number of aryl methyl sites for hydroxylation is 6. The van der Waals surface area contributed by atoms with E-state index in [2.05, 4.69) is 283 Å². The van der Waals surface area contributed by atoms with E-state index in [9.17, 15) is 0 Å². The second-order valence-electron chi connectivity index (χ2n) is 27.6. The van der Waals surface area contributed by atoms with Crippen LogP contribution in [0.1, 0.15) is 33.4 Å². The highest BCUT2D eigenvalue weighted by atomic mass is 35.5. The molecule has 107 heavy (non-hydrogen) atoms. The van der Waals surface area contributed by atoms with Gasteiger partial charge in [0.15, 0.2) is 0 Å². The monoisotopic (exact) mass is 1480 g/mol. The molecule has 4 aromatic heterocycles. The molecule has 0 amide bonds. The lowest BCUT2D eigenvalue weighted by atomic mass is 9.91. The molecule has 13 heteroatoms. The molecular weight excluding hydrogens is 1410 g/mol. The van der Waals surface area contributed by atoms with Crippen LogP contribution in [0.15, 0.2) is 291 Å². The lowest BCUT2D eigenvalue weighted by Crippen LogP contribution is -2.50. The summed E-state index contributed by atoms with van der Waals surface area (Å²) in [5, 5.41) is 8.21. The largest absolute Gasteiger partial charge is 0.223 e. The first-order chi connectivity index (χ1) is 51.9. The Morgan fingerprint density at radius 3 is 0.953 bits per heavy atom. The molecule has 18 rings (SSSR count). The molecule has 0 N–H and O–H groups in total. The van der Waals surface area contributed by atoms with Gasteiger partial charge in [-0.25, -0.2) is 39.9 Å². The van der Waals surface area contributed by atoms with E-state index in [0.29, 0.717) is 0 Å². The minimum absolute atomic E-state index is 0.265. The highest BCUT2D eigenvalue weighted by Gasteiger charge is 2.39. The summed E-state index contributed by atoms with van der Waals surface area (Å²) in [5.41, 5.74) is 31.3. The predicted octanol–water partition coefficient (Wildman–Crippen LogP) is 25.1. The average Bonchev–Trinajstić information content (AvgIpc) is 1.55. The van der Waals surface area contributed by atoms with Gasteiger partial charge in [0.2, 0.25) is 21.1 Å². The summed E-state index contributed by atoms with van der Waals surface area (Å²) in [5.74, 6) is 0. The molecular formula is C94H72Cl4N8Si. The van der Waals surface area contributed by atoms with Crippen LogP contribution in [0.25, 0.3) is 144 Å². The van der Waals surface area contributed by atoms with Crippen molar-refractivity contribution < 1.29 is 0 Å². The molecule has 520 valence electrons. The van der Waals surface area contributed by atoms with Gasteiger partial charge in [0, 0.05) is 43.8 Å². The Hall–Kier alpha value is -11.4. The predicted molar refractivity (Wildman–Crippen MR) is 452 cm³/mol. The highest BCUT2D eigenvalue weighted by Crippen LogP contribution is 2.40. The summed E-state index contributed by atoms with van der Waals surface area (Å²) < 4.78 is 0. The van der Waals surface area contributed by atoms with Gasteiger partial charge < -0.3 is 0 Å². The lowest BCUT2D eigenvalue weighted by molar-refractivity contribution is 1.22. The Morgan fingerprint density at radius 1 is 0.224 bits per heavy atom. The molecule has 0 saturated heterocycles. The number of nitrogens with zero attached hydrogens (tertiary/aromatic N) is 8. The van der Waals surface area contributed by atoms with E-state index in [1.54, 1.807) is 0 Å². The normalized spacial score (nSPS) is 11.8. The SMILES string of the molecule is C[Si]1(C)c2ccccc2-c2cccc(-c3ccc(-c4nc(Cl)nc5ccccc45)cc3)c21.Cc1cc(-c2ccc(-c3nc(Cl)nc4ccccc34)cc2)c(C)cc1-c1ccccc1.Cc1cc(-c2nc(Cl)nc3ccccc23)c(C)cc1-c1ccccc1.Cc1cc(C)cc(-c2nc(Cl)nc3ccccc23)c1. The third-order valence-electron chi connectivity index (χ3n) is 19.9. The smallest absolute Gasteiger partial charge is 0.218 e. The molecule has 0 radical (unpaired) electrons. The van der Waals surface area contributed by atoms with Gasteiger partial charge in [-0.2, -0.15) is 0 Å². The van der Waals surface area contributed by atoms with E-state index in [1.165, 1.54) is 99.4 Å². The highest BCUT2D eigenvalue weighted by molar-refractivity contribution is 7.04. The van der Waals surface area contributed by atoms with Crippen LogP contribution in [-0.2, 0) is 0 Å². The first kappa shape index (κ1) is 71.2. The van der Waals surface area contributed by atoms with Crippen molar-refractivity contribution in [2.24, 2.45) is 0 Å². The second-order valence-corrected chi connectivity index (χ2v) is 33.2. The number of halogens is 4. The number of hydrogen-bond donors (Lipinski definition) is 0. The third-order valence-corrected chi connectivity index (χ3v) is 24.1. The summed E-state index contributed by atoms with van der Waals surface area (Å²) in [4.78, 5) is 35.3. The van der Waals surface area contributed by atoms with E-state index < -0.39 is 8.07 Å².